The molecule has 0 atom stereocenters. The van der Waals surface area contributed by atoms with E-state index < -0.39 is 17.5 Å². The predicted octanol–water partition coefficient (Wildman–Crippen LogP) is 4.71. The van der Waals surface area contributed by atoms with E-state index in [1.165, 1.54) is 23.1 Å². The zero-order chi connectivity index (χ0) is 22.0. The fourth-order valence-electron chi connectivity index (χ4n) is 3.27. The fraction of sp³-hybridized carbons (Fsp3) is 0.0800. The molecule has 0 bridgehead atoms. The van der Waals surface area contributed by atoms with Crippen LogP contribution in [0.5, 0.6) is 0 Å². The van der Waals surface area contributed by atoms with E-state index in [4.69, 9.17) is 11.6 Å². The van der Waals surface area contributed by atoms with Gasteiger partial charge in [-0.05, 0) is 59.7 Å². The Morgan fingerprint density at radius 3 is 2.61 bits per heavy atom. The predicted molar refractivity (Wildman–Crippen MR) is 118 cm³/mol. The fourth-order valence-corrected chi connectivity index (χ4v) is 3.38. The summed E-state index contributed by atoms with van der Waals surface area (Å²) in [6.45, 7) is 0. The topological polar surface area (TPSA) is 50.3 Å². The molecule has 3 aromatic rings. The van der Waals surface area contributed by atoms with Gasteiger partial charge in [-0.2, -0.15) is 0 Å². The molecule has 0 radical (unpaired) electrons. The van der Waals surface area contributed by atoms with Gasteiger partial charge in [0.25, 0.3) is 5.91 Å². The lowest BCUT2D eigenvalue weighted by atomic mass is 9.92. The molecule has 2 aromatic carbocycles. The second kappa shape index (κ2) is 8.55. The van der Waals surface area contributed by atoms with Gasteiger partial charge in [0.1, 0.15) is 5.82 Å². The first-order valence-corrected chi connectivity index (χ1v) is 9.83. The summed E-state index contributed by atoms with van der Waals surface area (Å²) in [5, 5.41) is -0.0270. The number of rotatable bonds is 2. The van der Waals surface area contributed by atoms with Crippen LogP contribution in [0, 0.1) is 17.7 Å². The summed E-state index contributed by atoms with van der Waals surface area (Å²) in [6, 6.07) is 13.1. The molecule has 1 aromatic heterocycles. The molecule has 0 fully saturated rings. The number of nitrogens with zero attached hydrogens (tertiary/aromatic N) is 2. The Morgan fingerprint density at radius 2 is 1.87 bits per heavy atom. The first-order valence-electron chi connectivity index (χ1n) is 9.45. The third kappa shape index (κ3) is 4.25. The number of carbonyl (C=O) groups excluding carboxylic acids is 2. The smallest absolute Gasteiger partial charge is 0.262 e. The Bertz CT molecular complexity index is 1290. The largest absolute Gasteiger partial charge is 0.311 e. The summed E-state index contributed by atoms with van der Waals surface area (Å²) in [6.07, 6.45) is 5.36. The monoisotopic (exact) mass is 430 g/mol. The molecule has 0 N–H and O–H groups in total. The number of ketones is 1. The lowest BCUT2D eigenvalue weighted by molar-refractivity contribution is -0.114. The summed E-state index contributed by atoms with van der Waals surface area (Å²) in [5.41, 5.74) is 2.93. The zero-order valence-electron chi connectivity index (χ0n) is 16.5. The highest BCUT2D eigenvalue weighted by Crippen LogP contribution is 2.31. The Morgan fingerprint density at radius 1 is 1.10 bits per heavy atom. The molecule has 1 amide bonds. The molecular weight excluding hydrogens is 415 g/mol. The van der Waals surface area contributed by atoms with Gasteiger partial charge in [0.15, 0.2) is 0 Å². The third-order valence-corrected chi connectivity index (χ3v) is 5.22. The van der Waals surface area contributed by atoms with Crippen LogP contribution in [-0.2, 0) is 11.2 Å². The number of halogens is 2. The number of aromatic nitrogens is 1. The van der Waals surface area contributed by atoms with E-state index in [0.717, 1.165) is 5.56 Å². The van der Waals surface area contributed by atoms with Gasteiger partial charge in [0, 0.05) is 37.0 Å². The van der Waals surface area contributed by atoms with Crippen molar-refractivity contribution in [3.63, 3.8) is 0 Å². The average molecular weight is 431 g/mol. The maximum Gasteiger partial charge on any atom is 0.262 e. The molecule has 4 rings (SSSR count). The Labute approximate surface area is 184 Å². The van der Waals surface area contributed by atoms with Crippen LogP contribution in [0.25, 0.3) is 6.08 Å². The van der Waals surface area contributed by atoms with Crippen LogP contribution in [-0.4, -0.2) is 23.7 Å². The Kier molecular flexibility index (Phi) is 5.66. The van der Waals surface area contributed by atoms with E-state index in [1.54, 1.807) is 43.7 Å². The number of hydrogen-bond donors (Lipinski definition) is 0. The number of fused-ring (bicyclic) bond motifs is 1. The zero-order valence-corrected chi connectivity index (χ0v) is 17.3. The van der Waals surface area contributed by atoms with Gasteiger partial charge in [-0.15, -0.1) is 0 Å². The molecular formula is C25H16ClFN2O2. The van der Waals surface area contributed by atoms with Crippen molar-refractivity contribution < 1.29 is 14.0 Å². The van der Waals surface area contributed by atoms with E-state index in [2.05, 4.69) is 16.8 Å². The van der Waals surface area contributed by atoms with Crippen molar-refractivity contribution in [2.45, 2.75) is 6.42 Å². The maximum absolute atomic E-state index is 13.8. The molecule has 2 heterocycles. The second-order valence-electron chi connectivity index (χ2n) is 6.99. The van der Waals surface area contributed by atoms with E-state index in [9.17, 15) is 14.0 Å². The summed E-state index contributed by atoms with van der Waals surface area (Å²) in [5.74, 6) is 4.64. The van der Waals surface area contributed by atoms with Crippen molar-refractivity contribution >= 4 is 35.1 Å². The number of amides is 1. The minimum absolute atomic E-state index is 0.0270. The van der Waals surface area contributed by atoms with Gasteiger partial charge in [-0.25, -0.2) is 4.39 Å². The molecule has 0 aliphatic carbocycles. The van der Waals surface area contributed by atoms with Crippen LogP contribution in [0.15, 0.2) is 66.5 Å². The van der Waals surface area contributed by atoms with Crippen molar-refractivity contribution in [1.82, 2.24) is 4.98 Å². The van der Waals surface area contributed by atoms with E-state index >= 15 is 0 Å². The number of carbonyl (C=O) groups is 2. The van der Waals surface area contributed by atoms with Crippen LogP contribution < -0.4 is 4.90 Å². The number of likely N-dealkylation sites (N-methyl/N-ethyl adjacent to an activating group) is 1. The molecule has 152 valence electrons. The minimum atomic E-state index is -0.618. The van der Waals surface area contributed by atoms with Crippen LogP contribution in [0.4, 0.5) is 10.1 Å². The number of hydrogen-bond acceptors (Lipinski definition) is 3. The van der Waals surface area contributed by atoms with Crippen molar-refractivity contribution in [3.05, 3.63) is 99.6 Å². The van der Waals surface area contributed by atoms with Gasteiger partial charge in [-0.3, -0.25) is 14.6 Å². The van der Waals surface area contributed by atoms with Crippen molar-refractivity contribution in [2.75, 3.05) is 11.9 Å². The lowest BCUT2D eigenvalue weighted by Crippen LogP contribution is -2.36. The summed E-state index contributed by atoms with van der Waals surface area (Å²) in [4.78, 5) is 31.2. The number of anilines is 1. The van der Waals surface area contributed by atoms with Crippen LogP contribution in [0.3, 0.4) is 0 Å². The molecule has 6 heteroatoms. The quantitative estimate of drug-likeness (QED) is 0.336. The molecule has 0 unspecified atom stereocenters. The van der Waals surface area contributed by atoms with E-state index in [1.807, 2.05) is 12.1 Å². The third-order valence-electron chi connectivity index (χ3n) is 4.91. The van der Waals surface area contributed by atoms with Gasteiger partial charge in [0.2, 0.25) is 5.78 Å². The highest BCUT2D eigenvalue weighted by molar-refractivity contribution is 6.36. The molecule has 1 aliphatic rings. The normalized spacial score (nSPS) is 14.3. The van der Waals surface area contributed by atoms with E-state index in [-0.39, 0.29) is 10.6 Å². The van der Waals surface area contributed by atoms with Gasteiger partial charge < -0.3 is 4.90 Å². The number of pyridine rings is 1. The summed E-state index contributed by atoms with van der Waals surface area (Å²) < 4.78 is 13.8. The van der Waals surface area contributed by atoms with Crippen LogP contribution in [0.1, 0.15) is 27.0 Å². The highest BCUT2D eigenvalue weighted by atomic mass is 35.5. The van der Waals surface area contributed by atoms with Crippen LogP contribution >= 0.6 is 11.6 Å². The SMILES string of the molecule is CN1C(=O)/C(=C\c2ccc(Cl)c(F)c2)C(=O)c2cc(C#CCc3ccncc3)ccc21. The van der Waals surface area contributed by atoms with Gasteiger partial charge in [0.05, 0.1) is 16.3 Å². The molecule has 0 spiro atoms. The molecule has 1 aliphatic heterocycles. The van der Waals surface area contributed by atoms with Gasteiger partial charge in [-0.1, -0.05) is 29.5 Å². The summed E-state index contributed by atoms with van der Waals surface area (Å²) in [7, 11) is 1.60. The van der Waals surface area contributed by atoms with Crippen molar-refractivity contribution in [3.8, 4) is 11.8 Å². The Hall–Kier alpha value is -3.75. The lowest BCUT2D eigenvalue weighted by Gasteiger charge is -2.26. The number of benzene rings is 2. The molecule has 0 saturated heterocycles. The minimum Gasteiger partial charge on any atom is -0.311 e. The molecule has 0 saturated carbocycles. The maximum atomic E-state index is 13.8. The van der Waals surface area contributed by atoms with Crippen molar-refractivity contribution in [2.24, 2.45) is 0 Å². The highest BCUT2D eigenvalue weighted by Gasteiger charge is 2.32. The standard InChI is InChI=1S/C25H16ClFN2O2/c1-29-23-8-6-17(4-2-3-16-9-11-28-12-10-16)13-19(23)24(30)20(25(29)31)14-18-5-7-21(26)22(27)15-18/h5-15H,3H2,1H3/b20-14-. The average Bonchev–Trinajstić information content (AvgIpc) is 2.78. The number of Topliss-reactive ketones (excluding diaryl/α,β-unsaturated/α-hetero) is 1. The van der Waals surface area contributed by atoms with Gasteiger partial charge >= 0.3 is 0 Å². The van der Waals surface area contributed by atoms with Crippen molar-refractivity contribution in [1.29, 1.82) is 0 Å². The van der Waals surface area contributed by atoms with Crippen LogP contribution in [0.2, 0.25) is 5.02 Å². The molecule has 4 nitrogen and oxygen atoms in total. The summed E-state index contributed by atoms with van der Waals surface area (Å²) >= 11 is 5.72. The van der Waals surface area contributed by atoms with E-state index in [0.29, 0.717) is 28.8 Å². The molecule has 31 heavy (non-hydrogen) atoms. The first-order chi connectivity index (χ1) is 14.9. The Balaban J connectivity index is 1.67. The second-order valence-corrected chi connectivity index (χ2v) is 7.40. The first kappa shape index (κ1) is 20.5.